The Morgan fingerprint density at radius 3 is 2.23 bits per heavy atom. The number of rotatable bonds is 11. The van der Waals surface area contributed by atoms with Gasteiger partial charge in [0.2, 0.25) is 0 Å². The molecule has 4 aromatic rings. The van der Waals surface area contributed by atoms with E-state index in [1.165, 1.54) is 12.1 Å². The molecule has 1 aromatic heterocycles. The molecular formula is C39H46FN3O4. The summed E-state index contributed by atoms with van der Waals surface area (Å²) in [4.78, 5) is 20.3. The molecule has 2 N–H and O–H groups in total. The molecule has 1 aliphatic rings. The van der Waals surface area contributed by atoms with Gasteiger partial charge in [0, 0.05) is 42.0 Å². The third kappa shape index (κ3) is 8.69. The number of nitrogens with zero attached hydrogens (tertiary/aromatic N) is 2. The maximum atomic E-state index is 13.3. The van der Waals surface area contributed by atoms with Gasteiger partial charge in [-0.25, -0.2) is 14.2 Å². The summed E-state index contributed by atoms with van der Waals surface area (Å²) in [5.74, 6) is 0.0343. The number of ether oxygens (including phenoxy) is 2. The summed E-state index contributed by atoms with van der Waals surface area (Å²) in [6, 6.07) is 24.2. The average molecular weight is 640 g/mol. The number of anilines is 3. The first-order valence-corrected chi connectivity index (χ1v) is 16.3. The highest BCUT2D eigenvalue weighted by Crippen LogP contribution is 2.47. The molecule has 248 valence electrons. The van der Waals surface area contributed by atoms with E-state index in [0.29, 0.717) is 35.9 Å². The Hall–Kier alpha value is -4.43. The Bertz CT molecular complexity index is 1660. The van der Waals surface area contributed by atoms with Crippen molar-refractivity contribution in [2.24, 2.45) is 5.41 Å². The first-order valence-electron chi connectivity index (χ1n) is 16.3. The predicted molar refractivity (Wildman–Crippen MR) is 186 cm³/mol. The van der Waals surface area contributed by atoms with Gasteiger partial charge in [0.25, 0.3) is 0 Å². The topological polar surface area (TPSA) is 83.9 Å². The van der Waals surface area contributed by atoms with Gasteiger partial charge in [-0.2, -0.15) is 0 Å². The second kappa shape index (κ2) is 14.1. The van der Waals surface area contributed by atoms with Crippen molar-refractivity contribution in [3.63, 3.8) is 0 Å². The Labute approximate surface area is 277 Å². The largest absolute Gasteiger partial charge is 0.493 e. The molecule has 7 nitrogen and oxygen atoms in total. The number of carbonyl (C=O) groups is 1. The number of hydrogen-bond donors (Lipinski definition) is 2. The van der Waals surface area contributed by atoms with Crippen LogP contribution in [-0.4, -0.2) is 41.4 Å². The Balaban J connectivity index is 1.61. The van der Waals surface area contributed by atoms with Crippen molar-refractivity contribution < 1.29 is 23.8 Å². The fourth-order valence-corrected chi connectivity index (χ4v) is 5.94. The molecule has 1 aliphatic heterocycles. The van der Waals surface area contributed by atoms with Gasteiger partial charge in [0.05, 0.1) is 17.9 Å². The first kappa shape index (κ1) is 33.9. The van der Waals surface area contributed by atoms with Crippen LogP contribution in [0.4, 0.5) is 21.6 Å². The van der Waals surface area contributed by atoms with Gasteiger partial charge in [-0.1, -0.05) is 56.3 Å². The van der Waals surface area contributed by atoms with Crippen LogP contribution < -0.4 is 15.0 Å². The van der Waals surface area contributed by atoms with E-state index in [9.17, 15) is 14.3 Å². The molecule has 5 rings (SSSR count). The second-order valence-electron chi connectivity index (χ2n) is 14.0. The fourth-order valence-electron chi connectivity index (χ4n) is 5.94. The number of aryl methyl sites for hydroxylation is 1. The highest BCUT2D eigenvalue weighted by atomic mass is 19.1. The number of piperidine rings is 1. The van der Waals surface area contributed by atoms with Gasteiger partial charge in [0.15, 0.2) is 6.10 Å². The van der Waals surface area contributed by atoms with Gasteiger partial charge in [-0.15, -0.1) is 0 Å². The number of para-hydroxylation sites is 1. The van der Waals surface area contributed by atoms with Crippen molar-refractivity contribution in [3.05, 3.63) is 102 Å². The van der Waals surface area contributed by atoms with Crippen LogP contribution in [0, 0.1) is 18.2 Å². The molecule has 0 amide bonds. The van der Waals surface area contributed by atoms with Crippen LogP contribution in [0.2, 0.25) is 0 Å². The minimum Gasteiger partial charge on any atom is -0.493 e. The Kier molecular flexibility index (Phi) is 10.2. The quantitative estimate of drug-likeness (QED) is 0.169. The van der Waals surface area contributed by atoms with E-state index in [-0.39, 0.29) is 11.2 Å². The van der Waals surface area contributed by atoms with Crippen LogP contribution in [0.25, 0.3) is 11.1 Å². The van der Waals surface area contributed by atoms with Gasteiger partial charge in [-0.3, -0.25) is 0 Å². The fraction of sp³-hybridized carbons (Fsp3) is 0.385. The van der Waals surface area contributed by atoms with Crippen molar-refractivity contribution in [2.75, 3.05) is 29.9 Å². The third-order valence-electron chi connectivity index (χ3n) is 8.54. The molecule has 47 heavy (non-hydrogen) atoms. The molecule has 0 aliphatic carbocycles. The number of carboxylic acids is 1. The Morgan fingerprint density at radius 2 is 1.64 bits per heavy atom. The van der Waals surface area contributed by atoms with Crippen LogP contribution in [0.15, 0.2) is 78.9 Å². The number of aromatic nitrogens is 1. The minimum atomic E-state index is -1.22. The molecule has 3 aromatic carbocycles. The summed E-state index contributed by atoms with van der Waals surface area (Å²) >= 11 is 0. The van der Waals surface area contributed by atoms with Crippen LogP contribution in [0.1, 0.15) is 70.4 Å². The minimum absolute atomic E-state index is 0.186. The summed E-state index contributed by atoms with van der Waals surface area (Å²) in [5, 5.41) is 14.1. The Morgan fingerprint density at radius 1 is 1.00 bits per heavy atom. The van der Waals surface area contributed by atoms with Crippen LogP contribution in [0.5, 0.6) is 5.75 Å². The summed E-state index contributed by atoms with van der Waals surface area (Å²) in [7, 11) is 0. The lowest BCUT2D eigenvalue weighted by molar-refractivity contribution is -0.160. The highest BCUT2D eigenvalue weighted by Gasteiger charge is 2.37. The number of pyridine rings is 1. The number of benzene rings is 3. The first-order chi connectivity index (χ1) is 22.3. The second-order valence-corrected chi connectivity index (χ2v) is 14.0. The van der Waals surface area contributed by atoms with Crippen molar-refractivity contribution in [1.29, 1.82) is 0 Å². The van der Waals surface area contributed by atoms with Crippen molar-refractivity contribution >= 4 is 23.2 Å². The van der Waals surface area contributed by atoms with E-state index >= 15 is 0 Å². The van der Waals surface area contributed by atoms with Gasteiger partial charge >= 0.3 is 5.97 Å². The molecule has 0 saturated carbocycles. The SMILES string of the molecule is Cc1nc(Nc2ccccc2)c(-c2ccc(OCCc3ccc(F)cc3)cc2)c(N2CCC(C)(C)CC2)c1[C@H](OC(C)(C)C)C(=O)O. The summed E-state index contributed by atoms with van der Waals surface area (Å²) in [5.41, 5.74) is 5.05. The van der Waals surface area contributed by atoms with E-state index in [1.54, 1.807) is 12.1 Å². The van der Waals surface area contributed by atoms with Gasteiger partial charge in [-0.05, 0) is 93.5 Å². The number of nitrogens with one attached hydrogen (secondary N) is 1. The maximum absolute atomic E-state index is 13.3. The third-order valence-corrected chi connectivity index (χ3v) is 8.54. The zero-order valence-electron chi connectivity index (χ0n) is 28.3. The van der Waals surface area contributed by atoms with E-state index in [4.69, 9.17) is 14.5 Å². The van der Waals surface area contributed by atoms with E-state index in [0.717, 1.165) is 54.0 Å². The number of hydrogen-bond acceptors (Lipinski definition) is 6. The molecule has 1 saturated heterocycles. The normalized spacial score (nSPS) is 15.3. The number of aliphatic carboxylic acids is 1. The van der Waals surface area contributed by atoms with Gasteiger partial charge < -0.3 is 24.8 Å². The maximum Gasteiger partial charge on any atom is 0.337 e. The average Bonchev–Trinajstić information content (AvgIpc) is 3.01. The van der Waals surface area contributed by atoms with Crippen LogP contribution in [0.3, 0.4) is 0 Å². The molecule has 0 radical (unpaired) electrons. The summed E-state index contributed by atoms with van der Waals surface area (Å²) in [6.07, 6.45) is 1.37. The zero-order chi connectivity index (χ0) is 33.8. The molecule has 0 bridgehead atoms. The highest BCUT2D eigenvalue weighted by molar-refractivity contribution is 5.93. The molecule has 2 heterocycles. The lowest BCUT2D eigenvalue weighted by Crippen LogP contribution is -2.39. The van der Waals surface area contributed by atoms with E-state index < -0.39 is 17.7 Å². The molecule has 0 spiro atoms. The number of carboxylic acid groups (broad SMARTS) is 1. The van der Waals surface area contributed by atoms with E-state index in [1.807, 2.05) is 82.3 Å². The monoisotopic (exact) mass is 639 g/mol. The zero-order valence-corrected chi connectivity index (χ0v) is 28.3. The molecule has 8 heteroatoms. The lowest BCUT2D eigenvalue weighted by Gasteiger charge is -2.41. The van der Waals surface area contributed by atoms with Crippen molar-refractivity contribution in [2.45, 2.75) is 72.5 Å². The van der Waals surface area contributed by atoms with Crippen LogP contribution >= 0.6 is 0 Å². The van der Waals surface area contributed by atoms with Gasteiger partial charge in [0.1, 0.15) is 17.4 Å². The molecule has 1 fully saturated rings. The van der Waals surface area contributed by atoms with Crippen molar-refractivity contribution in [3.8, 4) is 16.9 Å². The molecule has 1 atom stereocenters. The molecular weight excluding hydrogens is 593 g/mol. The predicted octanol–water partition coefficient (Wildman–Crippen LogP) is 9.13. The summed E-state index contributed by atoms with van der Waals surface area (Å²) in [6.45, 7) is 14.0. The molecule has 0 unspecified atom stereocenters. The summed E-state index contributed by atoms with van der Waals surface area (Å²) < 4.78 is 25.6. The standard InChI is InChI=1S/C39H46FN3O4/c1-26-32(35(37(44)45)47-38(2,3)4)34(43-23-21-39(5,6)22-24-43)33(36(41-26)42-30-10-8-7-9-11-30)28-14-18-31(19-15-28)46-25-20-27-12-16-29(40)17-13-27/h7-19,35H,20-25H2,1-6H3,(H,41,42)(H,44,45)/t35-/m0/s1. The smallest absolute Gasteiger partial charge is 0.337 e. The van der Waals surface area contributed by atoms with E-state index in [2.05, 4.69) is 24.1 Å². The van der Waals surface area contributed by atoms with Crippen LogP contribution in [-0.2, 0) is 16.0 Å². The number of halogens is 1. The lowest BCUT2D eigenvalue weighted by atomic mass is 9.82. The van der Waals surface area contributed by atoms with Crippen molar-refractivity contribution in [1.82, 2.24) is 4.98 Å².